The van der Waals surface area contributed by atoms with E-state index in [4.69, 9.17) is 9.47 Å². The zero-order chi connectivity index (χ0) is 25.0. The molecule has 1 heterocycles. The molecular weight excluding hydrogens is 448 g/mol. The maximum Gasteiger partial charge on any atom is 0.407 e. The summed E-state index contributed by atoms with van der Waals surface area (Å²) in [6.45, 7) is 4.32. The van der Waals surface area contributed by atoms with Crippen molar-refractivity contribution in [3.8, 4) is 11.1 Å². The summed E-state index contributed by atoms with van der Waals surface area (Å²) in [4.78, 5) is 37.6. The lowest BCUT2D eigenvalue weighted by molar-refractivity contribution is -0.148. The van der Waals surface area contributed by atoms with E-state index in [1.165, 1.54) is 0 Å². The number of alkyl carbamates (subject to hydrolysis) is 1. The molecule has 0 spiro atoms. The van der Waals surface area contributed by atoms with Crippen LogP contribution in [0.5, 0.6) is 0 Å². The molecule has 1 fully saturated rings. The fourth-order valence-electron chi connectivity index (χ4n) is 4.76. The number of hydrogen-bond donors (Lipinski definition) is 3. The van der Waals surface area contributed by atoms with E-state index in [1.54, 1.807) is 0 Å². The number of ether oxygens (including phenoxy) is 2. The molecule has 186 valence electrons. The number of hydrogen-bond acceptors (Lipinski definition) is 5. The van der Waals surface area contributed by atoms with Gasteiger partial charge < -0.3 is 25.2 Å². The Morgan fingerprint density at radius 1 is 1.06 bits per heavy atom. The number of carboxylic acids is 1. The topological polar surface area (TPSA) is 114 Å². The van der Waals surface area contributed by atoms with E-state index < -0.39 is 29.6 Å². The zero-order valence-corrected chi connectivity index (χ0v) is 20.1. The highest BCUT2D eigenvalue weighted by molar-refractivity contribution is 5.91. The van der Waals surface area contributed by atoms with E-state index >= 15 is 0 Å². The normalized spacial score (nSPS) is 19.6. The third-order valence-corrected chi connectivity index (χ3v) is 6.78. The van der Waals surface area contributed by atoms with E-state index in [0.717, 1.165) is 22.3 Å². The SMILES string of the molecule is CC(C)CCC(NC(=O)OCC1c2ccccc2-c2ccccc21)C(=O)NC1(C(=O)O)CCOC1. The number of nitrogens with one attached hydrogen (secondary N) is 2. The smallest absolute Gasteiger partial charge is 0.407 e. The molecule has 0 radical (unpaired) electrons. The van der Waals surface area contributed by atoms with Crippen molar-refractivity contribution in [2.24, 2.45) is 5.92 Å². The van der Waals surface area contributed by atoms with Gasteiger partial charge in [0, 0.05) is 18.9 Å². The second-order valence-electron chi connectivity index (χ2n) is 9.67. The van der Waals surface area contributed by atoms with Gasteiger partial charge in [0.2, 0.25) is 5.91 Å². The number of rotatable bonds is 9. The van der Waals surface area contributed by atoms with E-state index in [9.17, 15) is 19.5 Å². The minimum atomic E-state index is -1.48. The minimum Gasteiger partial charge on any atom is -0.479 e. The van der Waals surface area contributed by atoms with E-state index in [1.807, 2.05) is 50.2 Å². The number of fused-ring (bicyclic) bond motifs is 3. The lowest BCUT2D eigenvalue weighted by Crippen LogP contribution is -2.60. The largest absolute Gasteiger partial charge is 0.479 e. The molecule has 2 atom stereocenters. The van der Waals surface area contributed by atoms with Gasteiger partial charge in [0.1, 0.15) is 12.6 Å². The van der Waals surface area contributed by atoms with Gasteiger partial charge in [-0.05, 0) is 41.0 Å². The van der Waals surface area contributed by atoms with Crippen molar-refractivity contribution in [2.75, 3.05) is 19.8 Å². The van der Waals surface area contributed by atoms with Gasteiger partial charge in [0.25, 0.3) is 0 Å². The summed E-state index contributed by atoms with van der Waals surface area (Å²) in [6, 6.07) is 15.2. The summed E-state index contributed by atoms with van der Waals surface area (Å²) in [7, 11) is 0. The summed E-state index contributed by atoms with van der Waals surface area (Å²) < 4.78 is 10.8. The van der Waals surface area contributed by atoms with Crippen molar-refractivity contribution in [2.45, 2.75) is 50.6 Å². The van der Waals surface area contributed by atoms with Gasteiger partial charge >= 0.3 is 12.1 Å². The highest BCUT2D eigenvalue weighted by Gasteiger charge is 2.45. The molecule has 2 amide bonds. The molecule has 1 aliphatic heterocycles. The van der Waals surface area contributed by atoms with Crippen LogP contribution in [0.25, 0.3) is 11.1 Å². The molecule has 1 aliphatic carbocycles. The Labute approximate surface area is 205 Å². The number of amides is 2. The molecule has 0 aromatic heterocycles. The second kappa shape index (κ2) is 10.5. The van der Waals surface area contributed by atoms with Crippen LogP contribution >= 0.6 is 0 Å². The number of carbonyl (C=O) groups is 3. The minimum absolute atomic E-state index is 0.0954. The Hall–Kier alpha value is -3.39. The molecule has 2 unspecified atom stereocenters. The van der Waals surface area contributed by atoms with Crippen LogP contribution < -0.4 is 10.6 Å². The van der Waals surface area contributed by atoms with Gasteiger partial charge in [-0.1, -0.05) is 62.4 Å². The van der Waals surface area contributed by atoms with Gasteiger partial charge in [-0.25, -0.2) is 9.59 Å². The molecule has 2 aromatic rings. The standard InChI is InChI=1S/C27H32N2O6/c1-17(2)11-12-23(24(30)29-27(25(31)32)13-14-34-16-27)28-26(33)35-15-22-20-9-5-3-7-18(20)19-8-4-6-10-21(19)22/h3-10,17,22-23H,11-16H2,1-2H3,(H,28,33)(H,29,30)(H,31,32). The quantitative estimate of drug-likeness (QED) is 0.504. The zero-order valence-electron chi connectivity index (χ0n) is 20.1. The highest BCUT2D eigenvalue weighted by atomic mass is 16.5. The Morgan fingerprint density at radius 2 is 1.69 bits per heavy atom. The van der Waals surface area contributed by atoms with Crippen molar-refractivity contribution in [3.63, 3.8) is 0 Å². The average Bonchev–Trinajstić information content (AvgIpc) is 3.44. The van der Waals surface area contributed by atoms with E-state index in [2.05, 4.69) is 22.8 Å². The predicted octanol–water partition coefficient (Wildman–Crippen LogP) is 3.69. The Bertz CT molecular complexity index is 1050. The first-order chi connectivity index (χ1) is 16.8. The molecular formula is C27H32N2O6. The van der Waals surface area contributed by atoms with Crippen LogP contribution in [-0.2, 0) is 19.1 Å². The van der Waals surface area contributed by atoms with E-state index in [0.29, 0.717) is 18.8 Å². The molecule has 0 saturated carbocycles. The summed E-state index contributed by atoms with van der Waals surface area (Å²) in [5.41, 5.74) is 2.98. The van der Waals surface area contributed by atoms with Crippen molar-refractivity contribution < 1.29 is 29.0 Å². The van der Waals surface area contributed by atoms with Crippen LogP contribution in [0.2, 0.25) is 0 Å². The number of carboxylic acid groups (broad SMARTS) is 1. The first-order valence-electron chi connectivity index (χ1n) is 12.1. The number of carbonyl (C=O) groups excluding carboxylic acids is 2. The number of benzene rings is 2. The lowest BCUT2D eigenvalue weighted by atomic mass is 9.97. The van der Waals surface area contributed by atoms with Gasteiger partial charge in [0.15, 0.2) is 5.54 Å². The maximum atomic E-state index is 13.0. The van der Waals surface area contributed by atoms with Crippen LogP contribution in [-0.4, -0.2) is 54.5 Å². The predicted molar refractivity (Wildman–Crippen MR) is 130 cm³/mol. The maximum absolute atomic E-state index is 13.0. The molecule has 2 aromatic carbocycles. The first kappa shape index (κ1) is 24.7. The van der Waals surface area contributed by atoms with Crippen molar-refractivity contribution >= 4 is 18.0 Å². The van der Waals surface area contributed by atoms with E-state index in [-0.39, 0.29) is 32.2 Å². The molecule has 0 bridgehead atoms. The third kappa shape index (κ3) is 5.32. The van der Waals surface area contributed by atoms with Crippen LogP contribution in [0.3, 0.4) is 0 Å². The first-order valence-corrected chi connectivity index (χ1v) is 12.1. The molecule has 2 aliphatic rings. The van der Waals surface area contributed by atoms with Gasteiger partial charge in [0.05, 0.1) is 6.61 Å². The molecule has 4 rings (SSSR count). The van der Waals surface area contributed by atoms with Crippen LogP contribution in [0, 0.1) is 5.92 Å². The Kier molecular flexibility index (Phi) is 7.40. The van der Waals surface area contributed by atoms with Gasteiger partial charge in [-0.2, -0.15) is 0 Å². The fourth-order valence-corrected chi connectivity index (χ4v) is 4.76. The molecule has 3 N–H and O–H groups in total. The molecule has 8 heteroatoms. The van der Waals surface area contributed by atoms with Crippen LogP contribution in [0.4, 0.5) is 4.79 Å². The third-order valence-electron chi connectivity index (χ3n) is 6.78. The van der Waals surface area contributed by atoms with Crippen LogP contribution in [0.1, 0.15) is 50.2 Å². The second-order valence-corrected chi connectivity index (χ2v) is 9.67. The lowest BCUT2D eigenvalue weighted by Gasteiger charge is -2.27. The Morgan fingerprint density at radius 3 is 2.23 bits per heavy atom. The summed E-state index contributed by atoms with van der Waals surface area (Å²) >= 11 is 0. The monoisotopic (exact) mass is 480 g/mol. The summed E-state index contributed by atoms with van der Waals surface area (Å²) in [5.74, 6) is -1.49. The van der Waals surface area contributed by atoms with Gasteiger partial charge in [-0.3, -0.25) is 4.79 Å². The van der Waals surface area contributed by atoms with Crippen molar-refractivity contribution in [3.05, 3.63) is 59.7 Å². The van der Waals surface area contributed by atoms with Crippen LogP contribution in [0.15, 0.2) is 48.5 Å². The number of aliphatic carboxylic acids is 1. The Balaban J connectivity index is 1.43. The van der Waals surface area contributed by atoms with Crippen molar-refractivity contribution in [1.29, 1.82) is 0 Å². The molecule has 8 nitrogen and oxygen atoms in total. The van der Waals surface area contributed by atoms with Gasteiger partial charge in [-0.15, -0.1) is 0 Å². The average molecular weight is 481 g/mol. The van der Waals surface area contributed by atoms with Crippen molar-refractivity contribution in [1.82, 2.24) is 10.6 Å². The fraction of sp³-hybridized carbons (Fsp3) is 0.444. The molecule has 35 heavy (non-hydrogen) atoms. The summed E-state index contributed by atoms with van der Waals surface area (Å²) in [5, 5.41) is 14.9. The molecule has 1 saturated heterocycles. The summed E-state index contributed by atoms with van der Waals surface area (Å²) in [6.07, 6.45) is 0.515. The highest BCUT2D eigenvalue weighted by Crippen LogP contribution is 2.44.